The van der Waals surface area contributed by atoms with Gasteiger partial charge in [-0.15, -0.1) is 0 Å². The Morgan fingerprint density at radius 2 is 1.61 bits per heavy atom. The molecule has 3 heterocycles. The Kier molecular flexibility index (Phi) is 5.56. The van der Waals surface area contributed by atoms with E-state index in [0.717, 1.165) is 16.8 Å². The molecule has 0 spiro atoms. The molecule has 8 heteroatoms. The van der Waals surface area contributed by atoms with Gasteiger partial charge in [-0.3, -0.25) is 9.59 Å². The molecule has 0 aliphatic carbocycles. The molecule has 0 unspecified atom stereocenters. The van der Waals surface area contributed by atoms with Gasteiger partial charge in [-0.25, -0.2) is 14.6 Å². The van der Waals surface area contributed by atoms with Crippen LogP contribution in [-0.2, 0) is 18.3 Å². The third-order valence-corrected chi connectivity index (χ3v) is 5.98. The lowest BCUT2D eigenvalue weighted by molar-refractivity contribution is -0.130. The van der Waals surface area contributed by atoms with Gasteiger partial charge < -0.3 is 9.80 Å². The minimum Gasteiger partial charge on any atom is -0.353 e. The Balaban J connectivity index is 1.28. The van der Waals surface area contributed by atoms with E-state index in [9.17, 15) is 9.59 Å². The van der Waals surface area contributed by atoms with Crippen molar-refractivity contribution >= 4 is 22.5 Å². The lowest BCUT2D eigenvalue weighted by Gasteiger charge is -2.35. The lowest BCUT2D eigenvalue weighted by Crippen LogP contribution is -2.49. The topological polar surface area (TPSA) is 84.2 Å². The second-order valence-electron chi connectivity index (χ2n) is 8.07. The number of hydrogen-bond acceptors (Lipinski definition) is 6. The highest BCUT2D eigenvalue weighted by molar-refractivity contribution is 5.88. The number of rotatable bonds is 4. The third-order valence-electron chi connectivity index (χ3n) is 5.98. The average Bonchev–Trinajstić information content (AvgIpc) is 2.88. The van der Waals surface area contributed by atoms with Gasteiger partial charge in [0.1, 0.15) is 5.82 Å². The highest BCUT2D eigenvalue weighted by Crippen LogP contribution is 2.20. The van der Waals surface area contributed by atoms with Crippen molar-refractivity contribution in [3.63, 3.8) is 0 Å². The Morgan fingerprint density at radius 1 is 0.909 bits per heavy atom. The van der Waals surface area contributed by atoms with E-state index >= 15 is 0 Å². The quantitative estimate of drug-likeness (QED) is 0.484. The molecular weight excluding hydrogens is 416 g/mol. The number of carbonyl (C=O) groups is 1. The molecule has 1 amide bonds. The minimum absolute atomic E-state index is 0.0126. The summed E-state index contributed by atoms with van der Waals surface area (Å²) in [5.41, 5.74) is 1.45. The van der Waals surface area contributed by atoms with Gasteiger partial charge in [-0.1, -0.05) is 48.5 Å². The molecule has 4 aromatic rings. The molecule has 1 saturated heterocycles. The maximum absolute atomic E-state index is 13.0. The summed E-state index contributed by atoms with van der Waals surface area (Å²) < 4.78 is 1.31. The largest absolute Gasteiger partial charge is 0.353 e. The van der Waals surface area contributed by atoms with Crippen LogP contribution in [0.25, 0.3) is 22.2 Å². The van der Waals surface area contributed by atoms with Crippen LogP contribution >= 0.6 is 0 Å². The second-order valence-corrected chi connectivity index (χ2v) is 8.07. The molecule has 0 atom stereocenters. The molecule has 0 N–H and O–H groups in total. The van der Waals surface area contributed by atoms with E-state index in [2.05, 4.69) is 15.0 Å². The molecule has 33 heavy (non-hydrogen) atoms. The van der Waals surface area contributed by atoms with E-state index in [1.165, 1.54) is 4.68 Å². The molecule has 1 aliphatic heterocycles. The summed E-state index contributed by atoms with van der Waals surface area (Å²) in [5.74, 6) is 1.57. The molecule has 2 aromatic carbocycles. The second kappa shape index (κ2) is 8.82. The van der Waals surface area contributed by atoms with E-state index < -0.39 is 0 Å². The van der Waals surface area contributed by atoms with Crippen molar-refractivity contribution in [1.82, 2.24) is 24.6 Å². The van der Waals surface area contributed by atoms with Crippen LogP contribution in [-0.4, -0.2) is 56.7 Å². The zero-order valence-electron chi connectivity index (χ0n) is 18.4. The Bertz CT molecular complexity index is 1360. The molecule has 0 bridgehead atoms. The average molecular weight is 441 g/mol. The van der Waals surface area contributed by atoms with Gasteiger partial charge in [0.15, 0.2) is 5.82 Å². The number of fused-ring (bicyclic) bond motifs is 1. The maximum atomic E-state index is 13.0. The van der Waals surface area contributed by atoms with Crippen LogP contribution in [0.4, 0.5) is 5.82 Å². The van der Waals surface area contributed by atoms with Gasteiger partial charge in [-0.05, 0) is 12.1 Å². The fourth-order valence-corrected chi connectivity index (χ4v) is 4.20. The zero-order chi connectivity index (χ0) is 22.8. The smallest absolute Gasteiger partial charge is 0.274 e. The normalized spacial score (nSPS) is 14.0. The van der Waals surface area contributed by atoms with Crippen molar-refractivity contribution in [2.24, 2.45) is 7.05 Å². The van der Waals surface area contributed by atoms with Crippen LogP contribution in [0, 0.1) is 0 Å². The van der Waals surface area contributed by atoms with E-state index in [-0.39, 0.29) is 17.9 Å². The van der Waals surface area contributed by atoms with Crippen molar-refractivity contribution in [3.8, 4) is 11.4 Å². The third kappa shape index (κ3) is 4.19. The van der Waals surface area contributed by atoms with E-state index in [0.29, 0.717) is 43.1 Å². The molecule has 0 saturated carbocycles. The summed E-state index contributed by atoms with van der Waals surface area (Å²) >= 11 is 0. The number of amides is 1. The SMILES string of the molecule is Cn1nc(CC(=O)N2CCN(c3ccnc(-c4ccccc4)n3)CC2)c2ccccc2c1=O. The standard InChI is InChI=1S/C25H24N6O2/c1-29-25(33)20-10-6-5-9-19(20)21(28-29)17-23(32)31-15-13-30(14-16-31)22-11-12-26-24(27-22)18-7-3-2-4-8-18/h2-12H,13-17H2,1H3. The Morgan fingerprint density at radius 3 is 2.36 bits per heavy atom. The monoisotopic (exact) mass is 440 g/mol. The number of hydrogen-bond donors (Lipinski definition) is 0. The van der Waals surface area contributed by atoms with E-state index in [1.54, 1.807) is 19.3 Å². The number of benzene rings is 2. The zero-order valence-corrected chi connectivity index (χ0v) is 18.4. The van der Waals surface area contributed by atoms with Crippen molar-refractivity contribution in [2.75, 3.05) is 31.1 Å². The molecule has 1 aliphatic rings. The summed E-state index contributed by atoms with van der Waals surface area (Å²) in [6, 6.07) is 19.1. The molecule has 1 fully saturated rings. The number of aromatic nitrogens is 4. The Labute approximate surface area is 191 Å². The van der Waals surface area contributed by atoms with Gasteiger partial charge >= 0.3 is 0 Å². The first-order chi connectivity index (χ1) is 16.1. The molecule has 5 rings (SSSR count). The number of aryl methyl sites for hydroxylation is 1. The van der Waals surface area contributed by atoms with Gasteiger partial charge in [0.2, 0.25) is 5.91 Å². The predicted molar refractivity (Wildman–Crippen MR) is 127 cm³/mol. The first-order valence-corrected chi connectivity index (χ1v) is 11.0. The summed E-state index contributed by atoms with van der Waals surface area (Å²) in [6.07, 6.45) is 1.94. The lowest BCUT2D eigenvalue weighted by atomic mass is 10.1. The minimum atomic E-state index is -0.157. The van der Waals surface area contributed by atoms with Crippen molar-refractivity contribution in [2.45, 2.75) is 6.42 Å². The van der Waals surface area contributed by atoms with Crippen LogP contribution in [0.2, 0.25) is 0 Å². The molecule has 0 radical (unpaired) electrons. The van der Waals surface area contributed by atoms with Gasteiger partial charge in [0.25, 0.3) is 5.56 Å². The van der Waals surface area contributed by atoms with Gasteiger partial charge in [-0.2, -0.15) is 5.10 Å². The number of carbonyl (C=O) groups excluding carboxylic acids is 1. The highest BCUT2D eigenvalue weighted by Gasteiger charge is 2.23. The van der Waals surface area contributed by atoms with Crippen molar-refractivity contribution in [1.29, 1.82) is 0 Å². The summed E-state index contributed by atoms with van der Waals surface area (Å²) in [5, 5.41) is 5.69. The molecule has 166 valence electrons. The number of anilines is 1. The van der Waals surface area contributed by atoms with Crippen LogP contribution in [0.15, 0.2) is 71.7 Å². The molecule has 8 nitrogen and oxygen atoms in total. The number of piperazine rings is 1. The van der Waals surface area contributed by atoms with Crippen molar-refractivity contribution in [3.05, 3.63) is 82.9 Å². The first kappa shape index (κ1) is 20.8. The maximum Gasteiger partial charge on any atom is 0.274 e. The first-order valence-electron chi connectivity index (χ1n) is 11.0. The van der Waals surface area contributed by atoms with Crippen LogP contribution in [0.5, 0.6) is 0 Å². The fraction of sp³-hybridized carbons (Fsp3) is 0.240. The van der Waals surface area contributed by atoms with E-state index in [1.807, 2.05) is 59.5 Å². The summed E-state index contributed by atoms with van der Waals surface area (Å²) in [6.45, 7) is 2.59. The molecule has 2 aromatic heterocycles. The predicted octanol–water partition coefficient (Wildman–Crippen LogP) is 2.28. The van der Waals surface area contributed by atoms with Gasteiger partial charge in [0.05, 0.1) is 17.5 Å². The number of nitrogens with zero attached hydrogens (tertiary/aromatic N) is 6. The molecular formula is C25H24N6O2. The van der Waals surface area contributed by atoms with Crippen LogP contribution in [0.3, 0.4) is 0 Å². The van der Waals surface area contributed by atoms with Crippen LogP contribution < -0.4 is 10.5 Å². The Hall–Kier alpha value is -4.07. The highest BCUT2D eigenvalue weighted by atomic mass is 16.2. The van der Waals surface area contributed by atoms with Crippen molar-refractivity contribution < 1.29 is 4.79 Å². The van der Waals surface area contributed by atoms with Gasteiger partial charge in [0, 0.05) is 50.4 Å². The van der Waals surface area contributed by atoms with E-state index in [4.69, 9.17) is 4.98 Å². The summed E-state index contributed by atoms with van der Waals surface area (Å²) in [7, 11) is 1.62. The fourth-order valence-electron chi connectivity index (χ4n) is 4.20. The van der Waals surface area contributed by atoms with Crippen LogP contribution in [0.1, 0.15) is 5.69 Å². The summed E-state index contributed by atoms with van der Waals surface area (Å²) in [4.78, 5) is 38.5.